The number of benzene rings is 1. The predicted molar refractivity (Wildman–Crippen MR) is 130 cm³/mol. The Hall–Kier alpha value is -1.55. The summed E-state index contributed by atoms with van der Waals surface area (Å²) >= 11 is 1.72. The number of thioether (sulfide) groups is 1. The summed E-state index contributed by atoms with van der Waals surface area (Å²) in [7, 11) is -2.07. The highest BCUT2D eigenvalue weighted by Crippen LogP contribution is 2.37. The number of hydrogen-bond acceptors (Lipinski definition) is 6. The van der Waals surface area contributed by atoms with E-state index in [1.807, 2.05) is 31.9 Å². The van der Waals surface area contributed by atoms with Gasteiger partial charge in [0.1, 0.15) is 5.75 Å². The summed E-state index contributed by atoms with van der Waals surface area (Å²) in [5, 5.41) is 3.56. The second-order valence-electron chi connectivity index (χ2n) is 8.63. The minimum absolute atomic E-state index is 0.0905. The number of carbonyl (C=O) groups is 1. The molecule has 1 unspecified atom stereocenters. The molecular formula is C23H35N3O4S2. The van der Waals surface area contributed by atoms with Crippen molar-refractivity contribution in [1.29, 1.82) is 0 Å². The lowest BCUT2D eigenvalue weighted by atomic mass is 9.97. The number of ether oxygens (including phenoxy) is 1. The largest absolute Gasteiger partial charge is 0.496 e. The first kappa shape index (κ1) is 25.1. The van der Waals surface area contributed by atoms with E-state index in [-0.39, 0.29) is 11.9 Å². The van der Waals surface area contributed by atoms with E-state index >= 15 is 0 Å². The predicted octanol–water partition coefficient (Wildman–Crippen LogP) is 2.84. The highest BCUT2D eigenvalue weighted by molar-refractivity contribution is 7.98. The molecule has 1 aromatic rings. The molecule has 1 amide bonds. The van der Waals surface area contributed by atoms with Gasteiger partial charge >= 0.3 is 0 Å². The number of nitrogens with zero attached hydrogens (tertiary/aromatic N) is 2. The van der Waals surface area contributed by atoms with Crippen molar-refractivity contribution >= 4 is 27.7 Å². The van der Waals surface area contributed by atoms with Crippen LogP contribution in [0.15, 0.2) is 23.6 Å². The summed E-state index contributed by atoms with van der Waals surface area (Å²) in [6, 6.07) is 1.57. The minimum Gasteiger partial charge on any atom is -0.496 e. The molecule has 1 N–H and O–H groups in total. The molecule has 3 rings (SSSR count). The number of carbonyl (C=O) groups excluding carboxylic acids is 1. The third-order valence-electron chi connectivity index (χ3n) is 6.79. The summed E-state index contributed by atoms with van der Waals surface area (Å²) in [6.45, 7) is 10.5. The molecule has 2 aliphatic rings. The molecule has 0 radical (unpaired) electrons. The molecule has 2 fully saturated rings. The molecule has 2 heterocycles. The van der Waals surface area contributed by atoms with E-state index in [0.29, 0.717) is 48.7 Å². The highest BCUT2D eigenvalue weighted by Gasteiger charge is 2.51. The normalized spacial score (nSPS) is 21.3. The second-order valence-corrected chi connectivity index (χ2v) is 11.5. The summed E-state index contributed by atoms with van der Waals surface area (Å²) in [5.41, 5.74) is 1.73. The molecule has 9 heteroatoms. The van der Waals surface area contributed by atoms with Crippen LogP contribution in [0.1, 0.15) is 36.0 Å². The maximum atomic E-state index is 13.6. The Morgan fingerprint density at radius 3 is 2.50 bits per heavy atom. The first-order chi connectivity index (χ1) is 15.1. The zero-order chi connectivity index (χ0) is 23.7. The van der Waals surface area contributed by atoms with Crippen LogP contribution in [0.3, 0.4) is 0 Å². The minimum atomic E-state index is -3.67. The molecule has 0 saturated carbocycles. The number of amides is 1. The second kappa shape index (κ2) is 9.75. The number of methoxy groups -OCH3 is 1. The number of sulfonamides is 1. The van der Waals surface area contributed by atoms with E-state index in [9.17, 15) is 13.2 Å². The van der Waals surface area contributed by atoms with Crippen LogP contribution >= 0.6 is 11.8 Å². The van der Waals surface area contributed by atoms with Gasteiger partial charge < -0.3 is 9.64 Å². The Balaban J connectivity index is 1.85. The SMILES string of the molecule is C=CCN1C(=O)C(CCSC)NC12CCN(S(=O)(=O)c1c(C)cc(OC)c(C)c1C)CC2. The van der Waals surface area contributed by atoms with Gasteiger partial charge in [-0.25, -0.2) is 8.42 Å². The number of rotatable bonds is 8. The van der Waals surface area contributed by atoms with Crippen LogP contribution in [0.5, 0.6) is 5.75 Å². The van der Waals surface area contributed by atoms with Crippen molar-refractivity contribution < 1.29 is 17.9 Å². The average Bonchev–Trinajstić information content (AvgIpc) is 3.00. The molecule has 0 aromatic heterocycles. The van der Waals surface area contributed by atoms with Crippen LogP contribution in [-0.2, 0) is 14.8 Å². The Morgan fingerprint density at radius 2 is 1.94 bits per heavy atom. The van der Waals surface area contributed by atoms with Crippen molar-refractivity contribution in [2.45, 2.75) is 56.6 Å². The number of hydrogen-bond donors (Lipinski definition) is 1. The lowest BCUT2D eigenvalue weighted by Crippen LogP contribution is -2.59. The molecular weight excluding hydrogens is 446 g/mol. The zero-order valence-corrected chi connectivity index (χ0v) is 21.4. The third kappa shape index (κ3) is 4.32. The van der Waals surface area contributed by atoms with Crippen molar-refractivity contribution in [3.63, 3.8) is 0 Å². The van der Waals surface area contributed by atoms with Crippen molar-refractivity contribution in [3.8, 4) is 5.75 Å². The third-order valence-corrected chi connectivity index (χ3v) is 9.62. The van der Waals surface area contributed by atoms with Crippen molar-refractivity contribution in [2.75, 3.05) is 38.8 Å². The molecule has 0 aliphatic carbocycles. The molecule has 2 saturated heterocycles. The van der Waals surface area contributed by atoms with Gasteiger partial charge in [0.2, 0.25) is 15.9 Å². The lowest BCUT2D eigenvalue weighted by molar-refractivity contribution is -0.132. The van der Waals surface area contributed by atoms with Crippen LogP contribution in [0.4, 0.5) is 0 Å². The molecule has 1 spiro atoms. The molecule has 178 valence electrons. The summed E-state index contributed by atoms with van der Waals surface area (Å²) in [5.74, 6) is 1.69. The van der Waals surface area contributed by atoms with Gasteiger partial charge in [-0.1, -0.05) is 6.08 Å². The van der Waals surface area contributed by atoms with E-state index in [0.717, 1.165) is 23.3 Å². The Kier molecular flexibility index (Phi) is 7.64. The Morgan fingerprint density at radius 1 is 1.28 bits per heavy atom. The van der Waals surface area contributed by atoms with Crippen LogP contribution in [0.2, 0.25) is 0 Å². The van der Waals surface area contributed by atoms with Crippen LogP contribution in [-0.4, -0.2) is 74.0 Å². The smallest absolute Gasteiger partial charge is 0.243 e. The van der Waals surface area contributed by atoms with E-state index < -0.39 is 15.7 Å². The molecule has 32 heavy (non-hydrogen) atoms. The quantitative estimate of drug-likeness (QED) is 0.576. The van der Waals surface area contributed by atoms with Crippen LogP contribution < -0.4 is 10.1 Å². The monoisotopic (exact) mass is 481 g/mol. The fourth-order valence-corrected chi connectivity index (χ4v) is 7.36. The van der Waals surface area contributed by atoms with E-state index in [4.69, 9.17) is 4.74 Å². The average molecular weight is 482 g/mol. The van der Waals surface area contributed by atoms with Gasteiger partial charge in [-0.05, 0) is 74.8 Å². The van der Waals surface area contributed by atoms with Crippen molar-refractivity contribution in [1.82, 2.24) is 14.5 Å². The Labute approximate surface area is 196 Å². The van der Waals surface area contributed by atoms with Gasteiger partial charge in [0.05, 0.1) is 23.7 Å². The fraction of sp³-hybridized carbons (Fsp3) is 0.609. The van der Waals surface area contributed by atoms with Gasteiger partial charge in [-0.15, -0.1) is 6.58 Å². The summed E-state index contributed by atoms with van der Waals surface area (Å²) in [4.78, 5) is 15.3. The van der Waals surface area contributed by atoms with Crippen LogP contribution in [0.25, 0.3) is 0 Å². The molecule has 1 aromatic carbocycles. The highest BCUT2D eigenvalue weighted by atomic mass is 32.2. The maximum absolute atomic E-state index is 13.6. The Bertz CT molecular complexity index is 985. The van der Waals surface area contributed by atoms with Crippen molar-refractivity contribution in [2.24, 2.45) is 0 Å². The molecule has 2 aliphatic heterocycles. The zero-order valence-electron chi connectivity index (χ0n) is 19.7. The lowest BCUT2D eigenvalue weighted by Gasteiger charge is -2.44. The summed E-state index contributed by atoms with van der Waals surface area (Å²) in [6.07, 6.45) is 5.64. The topological polar surface area (TPSA) is 79.0 Å². The molecule has 0 bridgehead atoms. The van der Waals surface area contributed by atoms with Gasteiger partial charge in [0.15, 0.2) is 0 Å². The van der Waals surface area contributed by atoms with Gasteiger partial charge in [-0.3, -0.25) is 10.1 Å². The van der Waals surface area contributed by atoms with Gasteiger partial charge in [-0.2, -0.15) is 16.1 Å². The molecule has 1 atom stereocenters. The van der Waals surface area contributed by atoms with E-state index in [2.05, 4.69) is 11.9 Å². The van der Waals surface area contributed by atoms with Gasteiger partial charge in [0, 0.05) is 19.6 Å². The van der Waals surface area contributed by atoms with Crippen LogP contribution in [0, 0.1) is 20.8 Å². The maximum Gasteiger partial charge on any atom is 0.243 e. The number of piperidine rings is 1. The standard InChI is InChI=1S/C23H35N3O4S2/c1-7-11-26-22(27)19(8-14-31-6)24-23(26)9-12-25(13-10-23)32(28,29)21-16(2)15-20(30-5)17(3)18(21)4/h7,15,19,24H,1,8-14H2,2-6H3. The summed E-state index contributed by atoms with van der Waals surface area (Å²) < 4.78 is 34.2. The number of nitrogens with one attached hydrogen (secondary N) is 1. The van der Waals surface area contributed by atoms with E-state index in [1.54, 1.807) is 35.3 Å². The number of aryl methyl sites for hydroxylation is 1. The fourth-order valence-electron chi connectivity index (χ4n) is 4.96. The van der Waals surface area contributed by atoms with Gasteiger partial charge in [0.25, 0.3) is 0 Å². The first-order valence-corrected chi connectivity index (χ1v) is 13.8. The van der Waals surface area contributed by atoms with E-state index in [1.165, 1.54) is 0 Å². The molecule has 7 nitrogen and oxygen atoms in total. The van der Waals surface area contributed by atoms with Crippen molar-refractivity contribution in [3.05, 3.63) is 35.4 Å². The first-order valence-electron chi connectivity index (χ1n) is 11.0.